The summed E-state index contributed by atoms with van der Waals surface area (Å²) in [7, 11) is 1.89. The van der Waals surface area contributed by atoms with Crippen molar-refractivity contribution >= 4 is 17.7 Å². The van der Waals surface area contributed by atoms with Crippen molar-refractivity contribution in [3.05, 3.63) is 0 Å². The lowest BCUT2D eigenvalue weighted by atomic mass is 10.0. The predicted molar refractivity (Wildman–Crippen MR) is 61.9 cm³/mol. The summed E-state index contributed by atoms with van der Waals surface area (Å²) in [6, 6.07) is -0.0781. The molecule has 0 aromatic rings. The molecule has 0 radical (unpaired) electrons. The smallest absolute Gasteiger partial charge is 0.321 e. The molecule has 0 aromatic heterocycles. The van der Waals surface area contributed by atoms with Gasteiger partial charge in [0.15, 0.2) is 0 Å². The second-order valence-corrected chi connectivity index (χ2v) is 4.91. The van der Waals surface area contributed by atoms with E-state index in [9.17, 15) is 4.79 Å². The first kappa shape index (κ1) is 13.8. The zero-order valence-corrected chi connectivity index (χ0v) is 10.5. The van der Waals surface area contributed by atoms with Gasteiger partial charge in [-0.15, -0.1) is 0 Å². The molecule has 0 saturated heterocycles. The van der Waals surface area contributed by atoms with Crippen LogP contribution >= 0.6 is 11.8 Å². The largest absolute Gasteiger partial charge is 0.480 e. The van der Waals surface area contributed by atoms with E-state index < -0.39 is 5.97 Å². The number of aliphatic carboxylic acids is 1. The Hall–Kier alpha value is -0.220. The van der Waals surface area contributed by atoms with Crippen molar-refractivity contribution in [2.75, 3.05) is 19.1 Å². The lowest BCUT2D eigenvalue weighted by molar-refractivity contribution is -0.145. The zero-order valence-electron chi connectivity index (χ0n) is 9.65. The van der Waals surface area contributed by atoms with Crippen LogP contribution in [0.15, 0.2) is 0 Å². The summed E-state index contributed by atoms with van der Waals surface area (Å²) in [6.45, 7) is 5.96. The fourth-order valence-electron chi connectivity index (χ4n) is 1.56. The molecule has 2 atom stereocenters. The molecule has 3 nitrogen and oxygen atoms in total. The van der Waals surface area contributed by atoms with Crippen LogP contribution in [0.3, 0.4) is 0 Å². The van der Waals surface area contributed by atoms with Crippen LogP contribution < -0.4 is 0 Å². The standard InChI is InChI=1S/C10H21NO2S/c1-7(2)9(10(12)13)11(4)8(3)6-14-5/h7-9H,6H2,1-5H3,(H,12,13). The number of carbonyl (C=O) groups is 1. The van der Waals surface area contributed by atoms with Crippen LogP contribution in [0.1, 0.15) is 20.8 Å². The summed E-state index contributed by atoms with van der Waals surface area (Å²) in [5.74, 6) is 0.379. The summed E-state index contributed by atoms with van der Waals surface area (Å²) in [4.78, 5) is 13.0. The van der Waals surface area contributed by atoms with Crippen LogP contribution in [0.4, 0.5) is 0 Å². The number of likely N-dealkylation sites (N-methyl/N-ethyl adjacent to an activating group) is 1. The minimum atomic E-state index is -0.726. The maximum absolute atomic E-state index is 11.0. The van der Waals surface area contributed by atoms with E-state index in [0.29, 0.717) is 6.04 Å². The number of carboxylic acid groups (broad SMARTS) is 1. The van der Waals surface area contributed by atoms with Gasteiger partial charge in [0.25, 0.3) is 0 Å². The van der Waals surface area contributed by atoms with Gasteiger partial charge in [-0.1, -0.05) is 13.8 Å². The van der Waals surface area contributed by atoms with Gasteiger partial charge >= 0.3 is 5.97 Å². The number of hydrogen-bond acceptors (Lipinski definition) is 3. The lowest BCUT2D eigenvalue weighted by Gasteiger charge is -2.32. The summed E-state index contributed by atoms with van der Waals surface area (Å²) in [6.07, 6.45) is 2.04. The summed E-state index contributed by atoms with van der Waals surface area (Å²) in [5.41, 5.74) is 0. The van der Waals surface area contributed by atoms with Crippen LogP contribution in [0.25, 0.3) is 0 Å². The summed E-state index contributed by atoms with van der Waals surface area (Å²) < 4.78 is 0. The number of rotatable bonds is 6. The van der Waals surface area contributed by atoms with E-state index in [2.05, 4.69) is 6.92 Å². The second kappa shape index (κ2) is 6.30. The first-order valence-electron chi connectivity index (χ1n) is 4.85. The highest BCUT2D eigenvalue weighted by Crippen LogP contribution is 2.14. The van der Waals surface area contributed by atoms with Crippen LogP contribution in [0.2, 0.25) is 0 Å². The van der Waals surface area contributed by atoms with Crippen molar-refractivity contribution in [1.82, 2.24) is 4.90 Å². The predicted octanol–water partition coefficient (Wildman–Crippen LogP) is 1.78. The van der Waals surface area contributed by atoms with Crippen LogP contribution in [-0.4, -0.2) is 47.1 Å². The number of nitrogens with zero attached hydrogens (tertiary/aromatic N) is 1. The van der Waals surface area contributed by atoms with Gasteiger partial charge < -0.3 is 5.11 Å². The van der Waals surface area contributed by atoms with E-state index in [-0.39, 0.29) is 12.0 Å². The Balaban J connectivity index is 4.42. The third-order valence-corrected chi connectivity index (χ3v) is 3.24. The molecule has 0 spiro atoms. The molecular formula is C10H21NO2S. The maximum Gasteiger partial charge on any atom is 0.321 e. The molecule has 14 heavy (non-hydrogen) atoms. The van der Waals surface area contributed by atoms with Crippen molar-refractivity contribution in [2.45, 2.75) is 32.9 Å². The van der Waals surface area contributed by atoms with E-state index in [1.165, 1.54) is 0 Å². The topological polar surface area (TPSA) is 40.5 Å². The Morgan fingerprint density at radius 1 is 1.43 bits per heavy atom. The third-order valence-electron chi connectivity index (χ3n) is 2.43. The highest BCUT2D eigenvalue weighted by molar-refractivity contribution is 7.98. The average molecular weight is 219 g/mol. The molecule has 0 aliphatic rings. The van der Waals surface area contributed by atoms with Gasteiger partial charge in [-0.2, -0.15) is 11.8 Å². The molecule has 0 bridgehead atoms. The zero-order chi connectivity index (χ0) is 11.3. The SMILES string of the molecule is CSCC(C)N(C)C(C(=O)O)C(C)C. The molecule has 0 aromatic carbocycles. The molecule has 4 heteroatoms. The molecule has 2 unspecified atom stereocenters. The second-order valence-electron chi connectivity index (χ2n) is 4.00. The van der Waals surface area contributed by atoms with Crippen molar-refractivity contribution < 1.29 is 9.90 Å². The monoisotopic (exact) mass is 219 g/mol. The van der Waals surface area contributed by atoms with Gasteiger partial charge in [0.1, 0.15) is 6.04 Å². The van der Waals surface area contributed by atoms with E-state index in [1.54, 1.807) is 11.8 Å². The van der Waals surface area contributed by atoms with Crippen molar-refractivity contribution in [1.29, 1.82) is 0 Å². The van der Waals surface area contributed by atoms with E-state index >= 15 is 0 Å². The van der Waals surface area contributed by atoms with E-state index in [1.807, 2.05) is 32.1 Å². The number of thioether (sulfide) groups is 1. The fourth-order valence-corrected chi connectivity index (χ4v) is 2.28. The highest BCUT2D eigenvalue weighted by Gasteiger charge is 2.28. The molecule has 1 N–H and O–H groups in total. The fraction of sp³-hybridized carbons (Fsp3) is 0.900. The summed E-state index contributed by atoms with van der Waals surface area (Å²) in [5, 5.41) is 9.08. The normalized spacial score (nSPS) is 15.9. The maximum atomic E-state index is 11.0. The van der Waals surface area contributed by atoms with Gasteiger partial charge in [0, 0.05) is 11.8 Å². The minimum absolute atomic E-state index is 0.141. The quantitative estimate of drug-likeness (QED) is 0.739. The minimum Gasteiger partial charge on any atom is -0.480 e. The summed E-state index contributed by atoms with van der Waals surface area (Å²) >= 11 is 1.74. The van der Waals surface area contributed by atoms with Crippen LogP contribution in [-0.2, 0) is 4.79 Å². The van der Waals surface area contributed by atoms with Crippen molar-refractivity contribution in [2.24, 2.45) is 5.92 Å². The Morgan fingerprint density at radius 2 is 1.93 bits per heavy atom. The third kappa shape index (κ3) is 3.88. The van der Waals surface area contributed by atoms with Crippen LogP contribution in [0, 0.1) is 5.92 Å². The van der Waals surface area contributed by atoms with Gasteiger partial charge in [-0.05, 0) is 26.1 Å². The number of hydrogen-bond donors (Lipinski definition) is 1. The number of carboxylic acids is 1. The molecule has 0 aliphatic heterocycles. The molecular weight excluding hydrogens is 198 g/mol. The first-order valence-corrected chi connectivity index (χ1v) is 6.24. The van der Waals surface area contributed by atoms with Gasteiger partial charge in [-0.3, -0.25) is 9.69 Å². The van der Waals surface area contributed by atoms with Gasteiger partial charge in [0.2, 0.25) is 0 Å². The first-order chi connectivity index (χ1) is 6.41. The van der Waals surface area contributed by atoms with Crippen LogP contribution in [0.5, 0.6) is 0 Å². The Morgan fingerprint density at radius 3 is 2.21 bits per heavy atom. The molecule has 0 fully saturated rings. The molecule has 0 rings (SSSR count). The van der Waals surface area contributed by atoms with Crippen molar-refractivity contribution in [3.63, 3.8) is 0 Å². The molecule has 0 saturated carbocycles. The van der Waals surface area contributed by atoms with E-state index in [4.69, 9.17) is 5.11 Å². The van der Waals surface area contributed by atoms with Gasteiger partial charge in [-0.25, -0.2) is 0 Å². The lowest BCUT2D eigenvalue weighted by Crippen LogP contribution is -2.47. The molecule has 84 valence electrons. The molecule has 0 aliphatic carbocycles. The Labute approximate surface area is 90.9 Å². The van der Waals surface area contributed by atoms with Gasteiger partial charge in [0.05, 0.1) is 0 Å². The highest BCUT2D eigenvalue weighted by atomic mass is 32.2. The van der Waals surface area contributed by atoms with Crippen molar-refractivity contribution in [3.8, 4) is 0 Å². The average Bonchev–Trinajstić information content (AvgIpc) is 2.03. The Bertz CT molecular complexity index is 185. The molecule has 0 heterocycles. The van der Waals surface area contributed by atoms with E-state index in [0.717, 1.165) is 5.75 Å². The molecule has 0 amide bonds. The Kier molecular flexibility index (Phi) is 6.20.